The van der Waals surface area contributed by atoms with Crippen molar-refractivity contribution in [1.29, 1.82) is 0 Å². The number of carbonyl (C=O) groups excluding carboxylic acids is 2. The summed E-state index contributed by atoms with van der Waals surface area (Å²) in [5.74, 6) is 1.10. The van der Waals surface area contributed by atoms with Crippen molar-refractivity contribution >= 4 is 17.6 Å². The molecule has 0 bridgehead atoms. The number of furan rings is 1. The Morgan fingerprint density at radius 2 is 1.96 bits per heavy atom. The second-order valence-electron chi connectivity index (χ2n) is 6.25. The molecule has 1 aliphatic heterocycles. The number of methoxy groups -OCH3 is 1. The summed E-state index contributed by atoms with van der Waals surface area (Å²) in [5.41, 5.74) is 0.660. The van der Waals surface area contributed by atoms with Gasteiger partial charge in [0.25, 0.3) is 5.91 Å². The third-order valence-corrected chi connectivity index (χ3v) is 4.55. The molecule has 3 amide bonds. The Morgan fingerprint density at radius 3 is 2.65 bits per heavy atom. The molecule has 2 N–H and O–H groups in total. The minimum Gasteiger partial charge on any atom is -0.495 e. The first-order valence-corrected chi connectivity index (χ1v) is 8.68. The van der Waals surface area contributed by atoms with Crippen molar-refractivity contribution in [2.75, 3.05) is 32.1 Å². The first-order chi connectivity index (χ1) is 12.7. The normalized spacial score (nSPS) is 14.7. The largest absolute Gasteiger partial charge is 0.495 e. The van der Waals surface area contributed by atoms with Gasteiger partial charge in [0.1, 0.15) is 5.75 Å². The van der Waals surface area contributed by atoms with Crippen molar-refractivity contribution in [2.45, 2.75) is 12.8 Å². The van der Waals surface area contributed by atoms with Crippen molar-refractivity contribution in [2.24, 2.45) is 5.92 Å². The van der Waals surface area contributed by atoms with Crippen LogP contribution in [0.4, 0.5) is 10.5 Å². The molecule has 7 nitrogen and oxygen atoms in total. The number of anilines is 1. The molecule has 1 aliphatic rings. The van der Waals surface area contributed by atoms with Crippen molar-refractivity contribution in [1.82, 2.24) is 10.2 Å². The Hall–Kier alpha value is -2.96. The number of piperidine rings is 1. The molecule has 1 fully saturated rings. The number of carbonyl (C=O) groups is 2. The van der Waals surface area contributed by atoms with E-state index in [1.54, 1.807) is 24.1 Å². The van der Waals surface area contributed by atoms with Crippen LogP contribution < -0.4 is 15.4 Å². The van der Waals surface area contributed by atoms with E-state index >= 15 is 0 Å². The Balaban J connectivity index is 1.44. The molecule has 2 heterocycles. The predicted molar refractivity (Wildman–Crippen MR) is 97.4 cm³/mol. The number of rotatable bonds is 5. The van der Waals surface area contributed by atoms with E-state index in [0.717, 1.165) is 12.8 Å². The van der Waals surface area contributed by atoms with Crippen LogP contribution in [0.1, 0.15) is 23.4 Å². The van der Waals surface area contributed by atoms with E-state index in [1.165, 1.54) is 6.26 Å². The van der Waals surface area contributed by atoms with Crippen LogP contribution in [0.2, 0.25) is 0 Å². The Labute approximate surface area is 152 Å². The number of likely N-dealkylation sites (tertiary alicyclic amines) is 1. The lowest BCUT2D eigenvalue weighted by atomic mass is 9.97. The van der Waals surface area contributed by atoms with Gasteiger partial charge in [0, 0.05) is 19.6 Å². The second-order valence-corrected chi connectivity index (χ2v) is 6.25. The summed E-state index contributed by atoms with van der Waals surface area (Å²) in [6.07, 6.45) is 3.17. The first kappa shape index (κ1) is 17.8. The third kappa shape index (κ3) is 4.36. The molecule has 0 aliphatic carbocycles. The molecule has 0 radical (unpaired) electrons. The lowest BCUT2D eigenvalue weighted by Crippen LogP contribution is -2.43. The molecule has 0 unspecified atom stereocenters. The topological polar surface area (TPSA) is 83.8 Å². The molecule has 1 aromatic heterocycles. The van der Waals surface area contributed by atoms with Gasteiger partial charge < -0.3 is 24.7 Å². The summed E-state index contributed by atoms with van der Waals surface area (Å²) in [4.78, 5) is 26.1. The van der Waals surface area contributed by atoms with Gasteiger partial charge in [0.15, 0.2) is 5.76 Å². The van der Waals surface area contributed by atoms with Crippen molar-refractivity contribution in [3.63, 3.8) is 0 Å². The monoisotopic (exact) mass is 357 g/mol. The van der Waals surface area contributed by atoms with Crippen LogP contribution >= 0.6 is 0 Å². The number of amides is 3. The highest BCUT2D eigenvalue weighted by molar-refractivity contribution is 5.91. The highest BCUT2D eigenvalue weighted by Gasteiger charge is 2.24. The van der Waals surface area contributed by atoms with E-state index in [0.29, 0.717) is 42.7 Å². The Morgan fingerprint density at radius 1 is 1.19 bits per heavy atom. The third-order valence-electron chi connectivity index (χ3n) is 4.55. The molecule has 1 saturated heterocycles. The van der Waals surface area contributed by atoms with Gasteiger partial charge in [-0.05, 0) is 43.0 Å². The number of hydrogen-bond acceptors (Lipinski definition) is 4. The summed E-state index contributed by atoms with van der Waals surface area (Å²) < 4.78 is 10.3. The van der Waals surface area contributed by atoms with E-state index in [9.17, 15) is 9.59 Å². The van der Waals surface area contributed by atoms with Crippen LogP contribution in [-0.2, 0) is 0 Å². The van der Waals surface area contributed by atoms with Gasteiger partial charge in [-0.2, -0.15) is 0 Å². The standard InChI is InChI=1S/C19H23N3O4/c1-25-16-6-3-2-5-15(16)21-19(24)22-10-8-14(9-11-22)13-20-18(23)17-7-4-12-26-17/h2-7,12,14H,8-11,13H2,1H3,(H,20,23)(H,21,24). The Kier molecular flexibility index (Phi) is 5.78. The molecule has 1 aromatic carbocycles. The van der Waals surface area contributed by atoms with Crippen LogP contribution in [0.5, 0.6) is 5.75 Å². The van der Waals surface area contributed by atoms with Gasteiger partial charge in [-0.3, -0.25) is 4.79 Å². The fourth-order valence-electron chi connectivity index (χ4n) is 3.01. The maximum absolute atomic E-state index is 12.4. The number of nitrogens with one attached hydrogen (secondary N) is 2. The van der Waals surface area contributed by atoms with Crippen molar-refractivity contribution in [3.8, 4) is 5.75 Å². The number of nitrogens with zero attached hydrogens (tertiary/aromatic N) is 1. The van der Waals surface area contributed by atoms with Gasteiger partial charge in [-0.25, -0.2) is 4.79 Å². The van der Waals surface area contributed by atoms with E-state index in [4.69, 9.17) is 9.15 Å². The summed E-state index contributed by atoms with van der Waals surface area (Å²) >= 11 is 0. The zero-order valence-corrected chi connectivity index (χ0v) is 14.7. The summed E-state index contributed by atoms with van der Waals surface area (Å²) in [6.45, 7) is 1.89. The molecule has 3 rings (SSSR count). The fourth-order valence-corrected chi connectivity index (χ4v) is 3.01. The van der Waals surface area contributed by atoms with E-state index < -0.39 is 0 Å². The average molecular weight is 357 g/mol. The highest BCUT2D eigenvalue weighted by Crippen LogP contribution is 2.24. The van der Waals surface area contributed by atoms with Gasteiger partial charge >= 0.3 is 6.03 Å². The van der Waals surface area contributed by atoms with Crippen LogP contribution in [0.3, 0.4) is 0 Å². The number of para-hydroxylation sites is 2. The molecular formula is C19H23N3O4. The van der Waals surface area contributed by atoms with Gasteiger partial charge in [-0.1, -0.05) is 12.1 Å². The van der Waals surface area contributed by atoms with E-state index in [1.807, 2.05) is 24.3 Å². The number of urea groups is 1. The average Bonchev–Trinajstić information content (AvgIpc) is 3.22. The maximum atomic E-state index is 12.4. The fraction of sp³-hybridized carbons (Fsp3) is 0.368. The van der Waals surface area contributed by atoms with Gasteiger partial charge in [0.05, 0.1) is 19.1 Å². The van der Waals surface area contributed by atoms with Crippen molar-refractivity contribution in [3.05, 3.63) is 48.4 Å². The molecular weight excluding hydrogens is 334 g/mol. The summed E-state index contributed by atoms with van der Waals surface area (Å²) in [5, 5.41) is 5.78. The minimum absolute atomic E-state index is 0.132. The number of hydrogen-bond donors (Lipinski definition) is 2. The van der Waals surface area contributed by atoms with Crippen molar-refractivity contribution < 1.29 is 18.7 Å². The maximum Gasteiger partial charge on any atom is 0.321 e. The first-order valence-electron chi connectivity index (χ1n) is 8.68. The zero-order valence-electron chi connectivity index (χ0n) is 14.7. The van der Waals surface area contributed by atoms with Gasteiger partial charge in [-0.15, -0.1) is 0 Å². The van der Waals surface area contributed by atoms with E-state index in [-0.39, 0.29) is 11.9 Å². The second kappa shape index (κ2) is 8.42. The quantitative estimate of drug-likeness (QED) is 0.862. The molecule has 26 heavy (non-hydrogen) atoms. The summed E-state index contributed by atoms with van der Waals surface area (Å²) in [7, 11) is 1.58. The van der Waals surface area contributed by atoms with E-state index in [2.05, 4.69) is 10.6 Å². The van der Waals surface area contributed by atoms with Crippen LogP contribution in [-0.4, -0.2) is 43.6 Å². The molecule has 0 atom stereocenters. The molecule has 0 saturated carbocycles. The SMILES string of the molecule is COc1ccccc1NC(=O)N1CCC(CNC(=O)c2ccco2)CC1. The predicted octanol–water partition coefficient (Wildman–Crippen LogP) is 2.96. The lowest BCUT2D eigenvalue weighted by molar-refractivity contribution is 0.0911. The molecule has 7 heteroatoms. The van der Waals surface area contributed by atoms with Crippen LogP contribution in [0, 0.1) is 5.92 Å². The highest BCUT2D eigenvalue weighted by atomic mass is 16.5. The summed E-state index contributed by atoms with van der Waals surface area (Å²) in [6, 6.07) is 10.5. The zero-order chi connectivity index (χ0) is 18.4. The number of benzene rings is 1. The smallest absolute Gasteiger partial charge is 0.321 e. The minimum atomic E-state index is -0.202. The molecule has 0 spiro atoms. The Bertz CT molecular complexity index is 737. The van der Waals surface area contributed by atoms with Crippen LogP contribution in [0.25, 0.3) is 0 Å². The van der Waals surface area contributed by atoms with Crippen LogP contribution in [0.15, 0.2) is 47.1 Å². The lowest BCUT2D eigenvalue weighted by Gasteiger charge is -2.32. The van der Waals surface area contributed by atoms with Gasteiger partial charge in [0.2, 0.25) is 0 Å². The number of ether oxygens (including phenoxy) is 1. The molecule has 2 aromatic rings. The molecule has 138 valence electrons.